The van der Waals surface area contributed by atoms with Gasteiger partial charge in [0.15, 0.2) is 0 Å². The minimum absolute atomic E-state index is 0. The van der Waals surface area contributed by atoms with Gasteiger partial charge in [0.2, 0.25) is 5.91 Å². The summed E-state index contributed by atoms with van der Waals surface area (Å²) in [5.74, 6) is 0.918. The Kier molecular flexibility index (Phi) is 9.46. The van der Waals surface area contributed by atoms with Gasteiger partial charge >= 0.3 is 0 Å². The maximum Gasteiger partial charge on any atom is 0.220 e. The molecule has 0 aromatic carbocycles. The van der Waals surface area contributed by atoms with Crippen LogP contribution in [-0.4, -0.2) is 19.0 Å². The standard InChI is InChI=1S/C15H30N2O.ClH/c1-13(2)7-6-10-17-14(18)11-15(12-16)8-4-3-5-9-15;/h13H,3-12,16H2,1-2H3,(H,17,18);1H. The van der Waals surface area contributed by atoms with Gasteiger partial charge in [-0.2, -0.15) is 0 Å². The molecule has 0 aliphatic heterocycles. The Labute approximate surface area is 124 Å². The van der Waals surface area contributed by atoms with E-state index in [1.165, 1.54) is 25.7 Å². The van der Waals surface area contributed by atoms with Crippen molar-refractivity contribution in [1.82, 2.24) is 5.32 Å². The molecule has 0 spiro atoms. The Morgan fingerprint density at radius 3 is 2.42 bits per heavy atom. The van der Waals surface area contributed by atoms with Crippen LogP contribution >= 0.6 is 12.4 Å². The predicted molar refractivity (Wildman–Crippen MR) is 83.5 cm³/mol. The monoisotopic (exact) mass is 290 g/mol. The van der Waals surface area contributed by atoms with E-state index in [1.807, 2.05) is 0 Å². The highest BCUT2D eigenvalue weighted by Crippen LogP contribution is 2.38. The highest BCUT2D eigenvalue weighted by atomic mass is 35.5. The van der Waals surface area contributed by atoms with Gasteiger partial charge in [-0.05, 0) is 43.6 Å². The van der Waals surface area contributed by atoms with Crippen LogP contribution in [0.4, 0.5) is 0 Å². The second-order valence-electron chi connectivity index (χ2n) is 6.33. The molecule has 1 aliphatic rings. The number of carbonyl (C=O) groups is 1. The molecule has 0 saturated heterocycles. The van der Waals surface area contributed by atoms with Crippen LogP contribution in [0.25, 0.3) is 0 Å². The molecule has 0 aromatic rings. The smallest absolute Gasteiger partial charge is 0.220 e. The van der Waals surface area contributed by atoms with Gasteiger partial charge < -0.3 is 11.1 Å². The van der Waals surface area contributed by atoms with Gasteiger partial charge in [0.1, 0.15) is 0 Å². The van der Waals surface area contributed by atoms with Crippen LogP contribution in [0, 0.1) is 11.3 Å². The zero-order valence-electron chi connectivity index (χ0n) is 12.5. The third-order valence-corrected chi connectivity index (χ3v) is 4.16. The van der Waals surface area contributed by atoms with Gasteiger partial charge in [-0.25, -0.2) is 0 Å². The van der Waals surface area contributed by atoms with Crippen LogP contribution in [0.3, 0.4) is 0 Å². The first-order chi connectivity index (χ1) is 8.58. The van der Waals surface area contributed by atoms with Gasteiger partial charge in [0, 0.05) is 13.0 Å². The molecule has 1 aliphatic carbocycles. The van der Waals surface area contributed by atoms with Crippen LogP contribution in [-0.2, 0) is 4.79 Å². The van der Waals surface area contributed by atoms with Crippen molar-refractivity contribution in [2.75, 3.05) is 13.1 Å². The summed E-state index contributed by atoms with van der Waals surface area (Å²) in [7, 11) is 0. The number of nitrogens with one attached hydrogen (secondary N) is 1. The van der Waals surface area contributed by atoms with Crippen LogP contribution in [0.2, 0.25) is 0 Å². The van der Waals surface area contributed by atoms with Gasteiger partial charge in [-0.3, -0.25) is 4.79 Å². The zero-order chi connectivity index (χ0) is 13.4. The minimum Gasteiger partial charge on any atom is -0.356 e. The zero-order valence-corrected chi connectivity index (χ0v) is 13.4. The number of halogens is 1. The SMILES string of the molecule is CC(C)CCCNC(=O)CC1(CN)CCCCC1.Cl. The topological polar surface area (TPSA) is 55.1 Å². The average Bonchev–Trinajstić information content (AvgIpc) is 2.35. The minimum atomic E-state index is 0. The van der Waals surface area contributed by atoms with Gasteiger partial charge in [-0.15, -0.1) is 12.4 Å². The maximum atomic E-state index is 12.0. The Balaban J connectivity index is 0.00000324. The molecule has 1 rings (SSSR count). The quantitative estimate of drug-likeness (QED) is 0.707. The fourth-order valence-electron chi connectivity index (χ4n) is 2.90. The van der Waals surface area contributed by atoms with Crippen molar-refractivity contribution in [2.45, 2.75) is 65.2 Å². The lowest BCUT2D eigenvalue weighted by atomic mass is 9.71. The Morgan fingerprint density at radius 1 is 1.26 bits per heavy atom. The van der Waals surface area contributed by atoms with Crippen LogP contribution in [0.15, 0.2) is 0 Å². The first-order valence-electron chi connectivity index (χ1n) is 7.55. The molecule has 1 amide bonds. The molecule has 0 aromatic heterocycles. The molecule has 0 radical (unpaired) electrons. The van der Waals surface area contributed by atoms with Crippen molar-refractivity contribution < 1.29 is 4.79 Å². The lowest BCUT2D eigenvalue weighted by Crippen LogP contribution is -2.38. The Morgan fingerprint density at radius 2 is 1.89 bits per heavy atom. The summed E-state index contributed by atoms with van der Waals surface area (Å²) in [6, 6.07) is 0. The number of amides is 1. The van der Waals surface area contributed by atoms with Crippen molar-refractivity contribution in [1.29, 1.82) is 0 Å². The lowest BCUT2D eigenvalue weighted by molar-refractivity contribution is -0.123. The highest BCUT2D eigenvalue weighted by Gasteiger charge is 2.32. The number of carbonyl (C=O) groups excluding carboxylic acids is 1. The van der Waals surface area contributed by atoms with E-state index < -0.39 is 0 Å². The average molecular weight is 291 g/mol. The van der Waals surface area contributed by atoms with Crippen LogP contribution < -0.4 is 11.1 Å². The second-order valence-corrected chi connectivity index (χ2v) is 6.33. The maximum absolute atomic E-state index is 12.0. The highest BCUT2D eigenvalue weighted by molar-refractivity contribution is 5.85. The summed E-state index contributed by atoms with van der Waals surface area (Å²) in [4.78, 5) is 12.0. The molecular formula is C15H31ClN2O. The molecule has 19 heavy (non-hydrogen) atoms. The largest absolute Gasteiger partial charge is 0.356 e. The third kappa shape index (κ3) is 7.17. The van der Waals surface area contributed by atoms with Crippen molar-refractivity contribution in [3.05, 3.63) is 0 Å². The van der Waals surface area contributed by atoms with E-state index >= 15 is 0 Å². The molecule has 1 fully saturated rings. The van der Waals surface area contributed by atoms with Crippen LogP contribution in [0.1, 0.15) is 65.2 Å². The summed E-state index contributed by atoms with van der Waals surface area (Å²) < 4.78 is 0. The molecule has 1 saturated carbocycles. The van der Waals surface area contributed by atoms with E-state index in [-0.39, 0.29) is 23.7 Å². The predicted octanol–water partition coefficient (Wildman–Crippen LogP) is 3.26. The molecule has 0 heterocycles. The van der Waals surface area contributed by atoms with E-state index in [9.17, 15) is 4.79 Å². The molecule has 114 valence electrons. The number of rotatable bonds is 7. The summed E-state index contributed by atoms with van der Waals surface area (Å²) in [6.07, 6.45) is 8.92. The van der Waals surface area contributed by atoms with E-state index in [2.05, 4.69) is 19.2 Å². The second kappa shape index (κ2) is 9.60. The molecule has 0 bridgehead atoms. The molecule has 3 N–H and O–H groups in total. The fraction of sp³-hybridized carbons (Fsp3) is 0.933. The summed E-state index contributed by atoms with van der Waals surface area (Å²) in [5, 5.41) is 3.05. The number of hydrogen-bond donors (Lipinski definition) is 2. The van der Waals surface area contributed by atoms with Gasteiger partial charge in [0.05, 0.1) is 0 Å². The summed E-state index contributed by atoms with van der Waals surface area (Å²) >= 11 is 0. The van der Waals surface area contributed by atoms with E-state index in [4.69, 9.17) is 5.73 Å². The van der Waals surface area contributed by atoms with Gasteiger partial charge in [0.25, 0.3) is 0 Å². The molecule has 3 nitrogen and oxygen atoms in total. The van der Waals surface area contributed by atoms with E-state index in [0.29, 0.717) is 13.0 Å². The van der Waals surface area contributed by atoms with Crippen LogP contribution in [0.5, 0.6) is 0 Å². The van der Waals surface area contributed by atoms with E-state index in [1.54, 1.807) is 0 Å². The summed E-state index contributed by atoms with van der Waals surface area (Å²) in [6.45, 7) is 5.91. The molecule has 0 atom stereocenters. The van der Waals surface area contributed by atoms with Crippen molar-refractivity contribution in [2.24, 2.45) is 17.1 Å². The van der Waals surface area contributed by atoms with Crippen molar-refractivity contribution >= 4 is 18.3 Å². The van der Waals surface area contributed by atoms with Gasteiger partial charge in [-0.1, -0.05) is 33.1 Å². The Hall–Kier alpha value is -0.280. The fourth-order valence-corrected chi connectivity index (χ4v) is 2.90. The van der Waals surface area contributed by atoms with Crippen molar-refractivity contribution in [3.63, 3.8) is 0 Å². The molecule has 4 heteroatoms. The number of nitrogens with two attached hydrogens (primary N) is 1. The molecular weight excluding hydrogens is 260 g/mol. The molecule has 0 unspecified atom stereocenters. The third-order valence-electron chi connectivity index (χ3n) is 4.16. The first-order valence-corrected chi connectivity index (χ1v) is 7.55. The van der Waals surface area contributed by atoms with E-state index in [0.717, 1.165) is 31.7 Å². The normalized spacial score (nSPS) is 17.9. The lowest BCUT2D eigenvalue weighted by Gasteiger charge is -2.35. The Bertz CT molecular complexity index is 251. The number of hydrogen-bond acceptors (Lipinski definition) is 2. The first kappa shape index (κ1) is 18.7. The summed E-state index contributed by atoms with van der Waals surface area (Å²) in [5.41, 5.74) is 6.00. The van der Waals surface area contributed by atoms with Crippen molar-refractivity contribution in [3.8, 4) is 0 Å².